The summed E-state index contributed by atoms with van der Waals surface area (Å²) in [5.41, 5.74) is 6.21. The number of carboxylic acids is 1. The Kier molecular flexibility index (Phi) is 4.03. The largest absolute Gasteiger partial charge is 0.480 e. The van der Waals surface area contributed by atoms with Crippen molar-refractivity contribution in [2.24, 2.45) is 0 Å². The van der Waals surface area contributed by atoms with E-state index in [0.29, 0.717) is 5.69 Å². The van der Waals surface area contributed by atoms with Crippen molar-refractivity contribution in [1.82, 2.24) is 4.98 Å². The topological polar surface area (TPSA) is 115 Å². The number of carbonyl (C=O) groups is 2. The van der Waals surface area contributed by atoms with Gasteiger partial charge in [0.2, 0.25) is 5.88 Å². The molecule has 0 aliphatic carbocycles. The lowest BCUT2D eigenvalue weighted by Gasteiger charge is -2.11. The van der Waals surface area contributed by atoms with E-state index in [1.807, 2.05) is 0 Å². The second-order valence-electron chi connectivity index (χ2n) is 4.12. The molecule has 0 saturated carbocycles. The van der Waals surface area contributed by atoms with Gasteiger partial charge in [-0.3, -0.25) is 4.79 Å². The third kappa shape index (κ3) is 3.08. The van der Waals surface area contributed by atoms with Gasteiger partial charge in [0.15, 0.2) is 0 Å². The monoisotopic (exact) mass is 287 g/mol. The summed E-state index contributed by atoms with van der Waals surface area (Å²) < 4.78 is 4.99. The second-order valence-corrected chi connectivity index (χ2v) is 4.12. The van der Waals surface area contributed by atoms with E-state index in [2.05, 4.69) is 10.3 Å². The Bertz CT molecular complexity index is 700. The number of methoxy groups -OCH3 is 1. The van der Waals surface area contributed by atoms with Gasteiger partial charge in [-0.15, -0.1) is 0 Å². The lowest BCUT2D eigenvalue weighted by atomic mass is 10.1. The van der Waals surface area contributed by atoms with E-state index < -0.39 is 11.9 Å². The van der Waals surface area contributed by atoms with Crippen LogP contribution in [0.1, 0.15) is 20.7 Å². The Morgan fingerprint density at radius 2 is 2.05 bits per heavy atom. The molecule has 108 valence electrons. The maximum absolute atomic E-state index is 12.2. The predicted molar refractivity (Wildman–Crippen MR) is 76.6 cm³/mol. The molecule has 0 aliphatic heterocycles. The first-order chi connectivity index (χ1) is 10.0. The Morgan fingerprint density at radius 3 is 2.71 bits per heavy atom. The minimum atomic E-state index is -1.16. The van der Waals surface area contributed by atoms with Crippen LogP contribution in [0.5, 0.6) is 5.88 Å². The van der Waals surface area contributed by atoms with E-state index in [4.69, 9.17) is 15.6 Å². The molecular weight excluding hydrogens is 274 g/mol. The van der Waals surface area contributed by atoms with Crippen LogP contribution < -0.4 is 15.8 Å². The van der Waals surface area contributed by atoms with E-state index in [0.717, 1.165) is 0 Å². The highest BCUT2D eigenvalue weighted by Gasteiger charge is 2.17. The fourth-order valence-corrected chi connectivity index (χ4v) is 1.77. The number of carbonyl (C=O) groups excluding carboxylic acids is 1. The molecule has 7 heteroatoms. The van der Waals surface area contributed by atoms with Crippen LogP contribution in [-0.2, 0) is 0 Å². The second kappa shape index (κ2) is 5.91. The quantitative estimate of drug-likeness (QED) is 0.736. The zero-order valence-corrected chi connectivity index (χ0v) is 11.2. The summed E-state index contributed by atoms with van der Waals surface area (Å²) in [7, 11) is 1.39. The van der Waals surface area contributed by atoms with Crippen LogP contribution in [0.15, 0.2) is 36.5 Å². The molecule has 0 saturated heterocycles. The lowest BCUT2D eigenvalue weighted by molar-refractivity contribution is 0.0698. The van der Waals surface area contributed by atoms with E-state index in [9.17, 15) is 9.59 Å². The normalized spacial score (nSPS) is 9.95. The molecule has 1 heterocycles. The maximum Gasteiger partial charge on any atom is 0.337 e. The molecule has 0 unspecified atom stereocenters. The summed E-state index contributed by atoms with van der Waals surface area (Å²) in [5.74, 6) is -1.55. The fraction of sp³-hybridized carbons (Fsp3) is 0.0714. The highest BCUT2D eigenvalue weighted by Crippen LogP contribution is 2.22. The van der Waals surface area contributed by atoms with Gasteiger partial charge in [0.05, 0.1) is 18.4 Å². The molecule has 0 atom stereocenters. The average Bonchev–Trinajstić information content (AvgIpc) is 2.46. The molecule has 2 aromatic rings. The van der Waals surface area contributed by atoms with Gasteiger partial charge in [-0.05, 0) is 30.3 Å². The Hall–Kier alpha value is -3.09. The molecule has 1 aromatic carbocycles. The number of nitrogens with two attached hydrogens (primary N) is 1. The molecule has 1 amide bonds. The minimum Gasteiger partial charge on any atom is -0.480 e. The molecule has 0 fully saturated rings. The number of amides is 1. The number of nitrogens with one attached hydrogen (secondary N) is 1. The van der Waals surface area contributed by atoms with Crippen molar-refractivity contribution < 1.29 is 19.4 Å². The van der Waals surface area contributed by atoms with Gasteiger partial charge < -0.3 is 20.9 Å². The molecule has 2 rings (SSSR count). The zero-order chi connectivity index (χ0) is 15.4. The minimum absolute atomic E-state index is 0.0552. The van der Waals surface area contributed by atoms with Gasteiger partial charge in [-0.25, -0.2) is 9.78 Å². The van der Waals surface area contributed by atoms with Crippen LogP contribution in [0.2, 0.25) is 0 Å². The van der Waals surface area contributed by atoms with E-state index >= 15 is 0 Å². The molecule has 0 aliphatic rings. The van der Waals surface area contributed by atoms with Gasteiger partial charge in [-0.2, -0.15) is 0 Å². The summed E-state index contributed by atoms with van der Waals surface area (Å²) in [6.07, 6.45) is 1.48. The highest BCUT2D eigenvalue weighted by atomic mass is 16.5. The van der Waals surface area contributed by atoms with Gasteiger partial charge in [0.1, 0.15) is 5.56 Å². The lowest BCUT2D eigenvalue weighted by Crippen LogP contribution is -2.16. The van der Waals surface area contributed by atoms with Crippen molar-refractivity contribution in [3.8, 4) is 5.88 Å². The number of nitrogens with zero attached hydrogens (tertiary/aromatic N) is 1. The first-order valence-corrected chi connectivity index (χ1v) is 5.96. The van der Waals surface area contributed by atoms with Crippen LogP contribution in [0.25, 0.3) is 0 Å². The number of anilines is 2. The first kappa shape index (κ1) is 14.3. The number of pyridine rings is 1. The van der Waals surface area contributed by atoms with Gasteiger partial charge in [0.25, 0.3) is 5.91 Å². The molecule has 4 N–H and O–H groups in total. The Balaban J connectivity index is 2.36. The molecular formula is C14H13N3O4. The number of aromatic nitrogens is 1. The standard InChI is InChI=1S/C14H13N3O4/c1-21-13-10(3-2-6-16-13)12(18)17-11-7-8(15)4-5-9(11)14(19)20/h2-7H,15H2,1H3,(H,17,18)(H,19,20). The third-order valence-electron chi connectivity index (χ3n) is 2.73. The number of rotatable bonds is 4. The highest BCUT2D eigenvalue weighted by molar-refractivity contribution is 6.09. The van der Waals surface area contributed by atoms with Crippen molar-refractivity contribution in [3.05, 3.63) is 47.7 Å². The summed E-state index contributed by atoms with van der Waals surface area (Å²) in [6.45, 7) is 0. The third-order valence-corrected chi connectivity index (χ3v) is 2.73. The fourth-order valence-electron chi connectivity index (χ4n) is 1.77. The van der Waals surface area contributed by atoms with Crippen molar-refractivity contribution >= 4 is 23.3 Å². The molecule has 0 radical (unpaired) electrons. The van der Waals surface area contributed by atoms with Crippen molar-refractivity contribution in [2.45, 2.75) is 0 Å². The molecule has 7 nitrogen and oxygen atoms in total. The summed E-state index contributed by atoms with van der Waals surface area (Å²) >= 11 is 0. The van der Waals surface area contributed by atoms with E-state index in [1.54, 1.807) is 6.07 Å². The number of carboxylic acid groups (broad SMARTS) is 1. The smallest absolute Gasteiger partial charge is 0.337 e. The number of hydrogen-bond donors (Lipinski definition) is 3. The van der Waals surface area contributed by atoms with Crippen molar-refractivity contribution in [3.63, 3.8) is 0 Å². The maximum atomic E-state index is 12.2. The molecule has 0 spiro atoms. The van der Waals surface area contributed by atoms with Crippen molar-refractivity contribution in [1.29, 1.82) is 0 Å². The van der Waals surface area contributed by atoms with E-state index in [1.165, 1.54) is 37.6 Å². The van der Waals surface area contributed by atoms with Crippen LogP contribution in [-0.4, -0.2) is 29.1 Å². The predicted octanol–water partition coefficient (Wildman–Crippen LogP) is 1.62. The number of nitrogen functional groups attached to an aromatic ring is 1. The Morgan fingerprint density at radius 1 is 1.29 bits per heavy atom. The summed E-state index contributed by atoms with van der Waals surface area (Å²) in [6, 6.07) is 7.25. The number of ether oxygens (including phenoxy) is 1. The van der Waals surface area contributed by atoms with E-state index in [-0.39, 0.29) is 22.7 Å². The van der Waals surface area contributed by atoms with Crippen LogP contribution >= 0.6 is 0 Å². The SMILES string of the molecule is COc1ncccc1C(=O)Nc1cc(N)ccc1C(=O)O. The van der Waals surface area contributed by atoms with Crippen LogP contribution in [0.3, 0.4) is 0 Å². The average molecular weight is 287 g/mol. The summed E-state index contributed by atoms with van der Waals surface area (Å²) in [4.78, 5) is 27.3. The van der Waals surface area contributed by atoms with Crippen molar-refractivity contribution in [2.75, 3.05) is 18.2 Å². The number of benzene rings is 1. The first-order valence-electron chi connectivity index (χ1n) is 5.96. The van der Waals surface area contributed by atoms with Crippen LogP contribution in [0.4, 0.5) is 11.4 Å². The van der Waals surface area contributed by atoms with Gasteiger partial charge in [0, 0.05) is 11.9 Å². The van der Waals surface area contributed by atoms with Gasteiger partial charge >= 0.3 is 5.97 Å². The number of hydrogen-bond acceptors (Lipinski definition) is 5. The Labute approximate surface area is 120 Å². The molecule has 1 aromatic heterocycles. The molecule has 21 heavy (non-hydrogen) atoms. The molecule has 0 bridgehead atoms. The summed E-state index contributed by atoms with van der Waals surface area (Å²) in [5, 5.41) is 11.6. The van der Waals surface area contributed by atoms with Crippen LogP contribution in [0, 0.1) is 0 Å². The van der Waals surface area contributed by atoms with Gasteiger partial charge in [-0.1, -0.05) is 0 Å². The zero-order valence-electron chi connectivity index (χ0n) is 11.2. The number of aromatic carboxylic acids is 1.